The summed E-state index contributed by atoms with van der Waals surface area (Å²) in [6.45, 7) is 0.721. The van der Waals surface area contributed by atoms with E-state index >= 15 is 0 Å². The van der Waals surface area contributed by atoms with Crippen molar-refractivity contribution in [2.24, 2.45) is 0 Å². The maximum Gasteiger partial charge on any atom is 0.202 e. The average molecular weight is 434 g/mol. The summed E-state index contributed by atoms with van der Waals surface area (Å²) >= 11 is 8.21. The molecule has 0 spiro atoms. The molecule has 0 amide bonds. The lowest BCUT2D eigenvalue weighted by molar-refractivity contribution is 0.0921. The van der Waals surface area contributed by atoms with Gasteiger partial charge in [-0.15, -0.1) is 11.3 Å². The normalized spacial score (nSPS) is 10.6. The quantitative estimate of drug-likeness (QED) is 0.592. The van der Waals surface area contributed by atoms with E-state index < -0.39 is 0 Å². The molecule has 1 aromatic carbocycles. The van der Waals surface area contributed by atoms with Gasteiger partial charge in [-0.05, 0) is 62.0 Å². The second kappa shape index (κ2) is 8.08. The van der Waals surface area contributed by atoms with Gasteiger partial charge in [0.2, 0.25) is 5.78 Å². The van der Waals surface area contributed by atoms with Gasteiger partial charge < -0.3 is 9.47 Å². The molecule has 6 heteroatoms. The molecule has 0 unspecified atom stereocenters. The van der Waals surface area contributed by atoms with Crippen molar-refractivity contribution in [2.75, 3.05) is 20.3 Å². The van der Waals surface area contributed by atoms with E-state index in [0.29, 0.717) is 17.9 Å². The van der Waals surface area contributed by atoms with Crippen LogP contribution < -0.4 is 4.74 Å². The van der Waals surface area contributed by atoms with Crippen LogP contribution in [0.15, 0.2) is 37.9 Å². The van der Waals surface area contributed by atoms with Gasteiger partial charge in [0, 0.05) is 12.7 Å². The smallest absolute Gasteiger partial charge is 0.202 e. The molecular formula is C15H14Br2O3S. The van der Waals surface area contributed by atoms with Crippen LogP contribution in [-0.4, -0.2) is 26.1 Å². The standard InChI is InChI=1S/C15H14Br2O3S/c1-19-7-6-10-2-4-11(5-3-10)20-9-13(18)12-8-14(16)21-15(12)17/h2-5,8H,6-7,9H2,1H3. The fourth-order valence-electron chi connectivity index (χ4n) is 1.73. The van der Waals surface area contributed by atoms with Crippen LogP contribution in [-0.2, 0) is 11.2 Å². The summed E-state index contributed by atoms with van der Waals surface area (Å²) in [5, 5.41) is 0. The van der Waals surface area contributed by atoms with Gasteiger partial charge in [0.05, 0.1) is 14.2 Å². The minimum absolute atomic E-state index is 0.0270. The largest absolute Gasteiger partial charge is 0.485 e. The number of Topliss-reactive ketones (excluding diaryl/α,β-unsaturated/α-hetero) is 1. The summed E-state index contributed by atoms with van der Waals surface area (Å²) < 4.78 is 12.3. The van der Waals surface area contributed by atoms with E-state index in [2.05, 4.69) is 31.9 Å². The van der Waals surface area contributed by atoms with Gasteiger partial charge in [-0.25, -0.2) is 0 Å². The molecule has 0 bridgehead atoms. The SMILES string of the molecule is COCCc1ccc(OCC(=O)c2cc(Br)sc2Br)cc1. The Hall–Kier alpha value is -0.690. The molecule has 0 N–H and O–H groups in total. The first-order valence-electron chi connectivity index (χ1n) is 6.29. The number of hydrogen-bond donors (Lipinski definition) is 0. The number of ether oxygens (including phenoxy) is 2. The number of halogens is 2. The number of methoxy groups -OCH3 is 1. The Labute approximate surface area is 144 Å². The number of thiophene rings is 1. The Balaban J connectivity index is 1.90. The van der Waals surface area contributed by atoms with Crippen LogP contribution in [0.25, 0.3) is 0 Å². The molecule has 0 radical (unpaired) electrons. The second-order valence-corrected chi connectivity index (χ2v) is 8.09. The van der Waals surface area contributed by atoms with Gasteiger partial charge in [0.25, 0.3) is 0 Å². The molecule has 0 aliphatic heterocycles. The van der Waals surface area contributed by atoms with Crippen LogP contribution in [0.3, 0.4) is 0 Å². The third kappa shape index (κ3) is 4.92. The molecule has 2 aromatic rings. The van der Waals surface area contributed by atoms with E-state index in [1.54, 1.807) is 13.2 Å². The summed E-state index contributed by atoms with van der Waals surface area (Å²) in [5.41, 5.74) is 1.82. The van der Waals surface area contributed by atoms with Gasteiger partial charge in [-0.3, -0.25) is 4.79 Å². The van der Waals surface area contributed by atoms with Crippen molar-refractivity contribution >= 4 is 49.0 Å². The fraction of sp³-hybridized carbons (Fsp3) is 0.267. The van der Waals surface area contributed by atoms with E-state index in [1.807, 2.05) is 24.3 Å². The van der Waals surface area contributed by atoms with E-state index in [4.69, 9.17) is 9.47 Å². The van der Waals surface area contributed by atoms with Crippen molar-refractivity contribution in [3.05, 3.63) is 49.0 Å². The predicted molar refractivity (Wildman–Crippen MR) is 91.6 cm³/mol. The molecule has 0 aliphatic rings. The van der Waals surface area contributed by atoms with Crippen molar-refractivity contribution in [1.82, 2.24) is 0 Å². The van der Waals surface area contributed by atoms with E-state index in [-0.39, 0.29) is 12.4 Å². The molecule has 1 aromatic heterocycles. The molecule has 0 fully saturated rings. The zero-order valence-corrected chi connectivity index (χ0v) is 15.4. The topological polar surface area (TPSA) is 35.5 Å². The van der Waals surface area contributed by atoms with Crippen LogP contribution in [0.5, 0.6) is 5.75 Å². The number of ketones is 1. The van der Waals surface area contributed by atoms with Crippen molar-refractivity contribution in [3.63, 3.8) is 0 Å². The van der Waals surface area contributed by atoms with Gasteiger partial charge in [0.1, 0.15) is 5.75 Å². The highest BCUT2D eigenvalue weighted by atomic mass is 79.9. The minimum Gasteiger partial charge on any atom is -0.485 e. The average Bonchev–Trinajstić information content (AvgIpc) is 2.82. The monoisotopic (exact) mass is 432 g/mol. The summed E-state index contributed by atoms with van der Waals surface area (Å²) in [6.07, 6.45) is 0.867. The van der Waals surface area contributed by atoms with Crippen molar-refractivity contribution in [3.8, 4) is 5.75 Å². The van der Waals surface area contributed by atoms with Gasteiger partial charge in [-0.1, -0.05) is 12.1 Å². The van der Waals surface area contributed by atoms with Crippen LogP contribution in [0.2, 0.25) is 0 Å². The fourth-order valence-corrected chi connectivity index (χ4v) is 4.58. The minimum atomic E-state index is -0.0488. The highest BCUT2D eigenvalue weighted by molar-refractivity contribution is 9.12. The summed E-state index contributed by atoms with van der Waals surface area (Å²) in [4.78, 5) is 12.1. The number of rotatable bonds is 7. The second-order valence-electron chi connectivity index (χ2n) is 4.34. The zero-order valence-electron chi connectivity index (χ0n) is 11.4. The molecule has 112 valence electrons. The third-order valence-corrected chi connectivity index (χ3v) is 5.18. The number of benzene rings is 1. The molecule has 1 heterocycles. The van der Waals surface area contributed by atoms with Crippen LogP contribution >= 0.6 is 43.2 Å². The molecule has 0 aliphatic carbocycles. The van der Waals surface area contributed by atoms with E-state index in [1.165, 1.54) is 16.9 Å². The third-order valence-electron chi connectivity index (χ3n) is 2.85. The van der Waals surface area contributed by atoms with Gasteiger partial charge in [-0.2, -0.15) is 0 Å². The predicted octanol–water partition coefficient (Wildman–Crippen LogP) is 4.72. The summed E-state index contributed by atoms with van der Waals surface area (Å²) in [6, 6.07) is 9.51. The van der Waals surface area contributed by atoms with Crippen LogP contribution in [0, 0.1) is 0 Å². The molecular weight excluding hydrogens is 420 g/mol. The first kappa shape index (κ1) is 16.7. The molecule has 0 atom stereocenters. The Morgan fingerprint density at radius 3 is 2.52 bits per heavy atom. The van der Waals surface area contributed by atoms with Crippen molar-refractivity contribution in [1.29, 1.82) is 0 Å². The van der Waals surface area contributed by atoms with E-state index in [0.717, 1.165) is 14.0 Å². The van der Waals surface area contributed by atoms with E-state index in [9.17, 15) is 4.79 Å². The Bertz CT molecular complexity index is 608. The van der Waals surface area contributed by atoms with Gasteiger partial charge in [0.15, 0.2) is 6.61 Å². The highest BCUT2D eigenvalue weighted by Crippen LogP contribution is 2.32. The van der Waals surface area contributed by atoms with Crippen molar-refractivity contribution in [2.45, 2.75) is 6.42 Å². The molecule has 0 saturated carbocycles. The first-order valence-corrected chi connectivity index (χ1v) is 8.69. The lowest BCUT2D eigenvalue weighted by Gasteiger charge is -2.06. The number of hydrogen-bond acceptors (Lipinski definition) is 4. The zero-order chi connectivity index (χ0) is 15.2. The maximum absolute atomic E-state index is 12.1. The highest BCUT2D eigenvalue weighted by Gasteiger charge is 2.14. The molecule has 3 nitrogen and oxygen atoms in total. The van der Waals surface area contributed by atoms with Gasteiger partial charge >= 0.3 is 0 Å². The Morgan fingerprint density at radius 2 is 1.95 bits per heavy atom. The van der Waals surface area contributed by atoms with Crippen LogP contribution in [0.1, 0.15) is 15.9 Å². The molecule has 21 heavy (non-hydrogen) atoms. The first-order chi connectivity index (χ1) is 10.1. The maximum atomic E-state index is 12.1. The van der Waals surface area contributed by atoms with Crippen molar-refractivity contribution < 1.29 is 14.3 Å². The lowest BCUT2D eigenvalue weighted by atomic mass is 10.1. The van der Waals surface area contributed by atoms with Crippen LogP contribution in [0.4, 0.5) is 0 Å². The molecule has 0 saturated heterocycles. The Morgan fingerprint density at radius 1 is 1.24 bits per heavy atom. The lowest BCUT2D eigenvalue weighted by Crippen LogP contribution is -2.11. The molecule has 2 rings (SSSR count). The number of carbonyl (C=O) groups excluding carboxylic acids is 1. The Kier molecular flexibility index (Phi) is 6.41. The summed E-state index contributed by atoms with van der Waals surface area (Å²) in [7, 11) is 1.68. The number of carbonyl (C=O) groups is 1. The summed E-state index contributed by atoms with van der Waals surface area (Å²) in [5.74, 6) is 0.641.